The number of rotatable bonds is 2. The summed E-state index contributed by atoms with van der Waals surface area (Å²) in [5, 5.41) is 8.58. The van der Waals surface area contributed by atoms with Gasteiger partial charge in [-0.25, -0.2) is 4.98 Å². The zero-order valence-electron chi connectivity index (χ0n) is 10.9. The van der Waals surface area contributed by atoms with Crippen LogP contribution in [0.25, 0.3) is 5.78 Å². The van der Waals surface area contributed by atoms with Gasteiger partial charge in [0.2, 0.25) is 0 Å². The maximum atomic E-state index is 6.32. The first-order valence-electron chi connectivity index (χ1n) is 5.96. The highest BCUT2D eigenvalue weighted by molar-refractivity contribution is 6.34. The van der Waals surface area contributed by atoms with Crippen molar-refractivity contribution >= 4 is 40.5 Å². The topological polar surface area (TPSA) is 55.1 Å². The van der Waals surface area contributed by atoms with Crippen LogP contribution >= 0.6 is 23.2 Å². The first-order valence-corrected chi connectivity index (χ1v) is 6.71. The van der Waals surface area contributed by atoms with Gasteiger partial charge >= 0.3 is 0 Å². The molecule has 1 aromatic carbocycles. The first-order chi connectivity index (χ1) is 9.58. The van der Waals surface area contributed by atoms with Crippen LogP contribution in [-0.2, 0) is 0 Å². The monoisotopic (exact) mass is 307 g/mol. The van der Waals surface area contributed by atoms with Gasteiger partial charge in [0.25, 0.3) is 5.78 Å². The summed E-state index contributed by atoms with van der Waals surface area (Å²) in [4.78, 5) is 8.35. The summed E-state index contributed by atoms with van der Waals surface area (Å²) >= 11 is 12.5. The van der Waals surface area contributed by atoms with Gasteiger partial charge in [-0.15, -0.1) is 0 Å². The number of benzene rings is 1. The Morgan fingerprint density at radius 3 is 2.80 bits per heavy atom. The average molecular weight is 308 g/mol. The molecule has 0 bridgehead atoms. The minimum absolute atomic E-state index is 0.495. The highest BCUT2D eigenvalue weighted by Crippen LogP contribution is 2.30. The van der Waals surface area contributed by atoms with Crippen molar-refractivity contribution in [3.8, 4) is 0 Å². The molecule has 0 saturated heterocycles. The number of hydrogen-bond acceptors (Lipinski definition) is 4. The van der Waals surface area contributed by atoms with E-state index in [1.165, 1.54) is 6.33 Å². The van der Waals surface area contributed by atoms with Crippen LogP contribution in [0, 0.1) is 13.8 Å². The van der Waals surface area contributed by atoms with Gasteiger partial charge in [0, 0.05) is 10.7 Å². The summed E-state index contributed by atoms with van der Waals surface area (Å²) in [6.07, 6.45) is 1.44. The van der Waals surface area contributed by atoms with Crippen molar-refractivity contribution < 1.29 is 0 Å². The Balaban J connectivity index is 2.17. The minimum Gasteiger partial charge on any atom is -0.339 e. The Bertz CT molecular complexity index is 797. The zero-order chi connectivity index (χ0) is 14.3. The quantitative estimate of drug-likeness (QED) is 0.782. The summed E-state index contributed by atoms with van der Waals surface area (Å²) < 4.78 is 1.57. The van der Waals surface area contributed by atoms with E-state index in [-0.39, 0.29) is 0 Å². The molecule has 0 aliphatic heterocycles. The van der Waals surface area contributed by atoms with Crippen LogP contribution in [0.3, 0.4) is 0 Å². The first kappa shape index (κ1) is 13.1. The second-order valence-corrected chi connectivity index (χ2v) is 5.15. The molecule has 5 nitrogen and oxygen atoms in total. The van der Waals surface area contributed by atoms with E-state index in [1.807, 2.05) is 32.0 Å². The molecular formula is C13H11Cl2N5. The molecule has 7 heteroatoms. The van der Waals surface area contributed by atoms with E-state index >= 15 is 0 Å². The molecular weight excluding hydrogens is 297 g/mol. The third-order valence-corrected chi connectivity index (χ3v) is 3.92. The van der Waals surface area contributed by atoms with E-state index < -0.39 is 0 Å². The van der Waals surface area contributed by atoms with Crippen LogP contribution in [-0.4, -0.2) is 19.6 Å². The third kappa shape index (κ3) is 2.09. The molecule has 0 aliphatic carbocycles. The lowest BCUT2D eigenvalue weighted by molar-refractivity contribution is 0.937. The van der Waals surface area contributed by atoms with E-state index in [0.717, 1.165) is 11.3 Å². The molecule has 0 aliphatic rings. The van der Waals surface area contributed by atoms with Crippen LogP contribution in [0.4, 0.5) is 11.5 Å². The number of halogens is 2. The molecule has 20 heavy (non-hydrogen) atoms. The van der Waals surface area contributed by atoms with Crippen molar-refractivity contribution in [3.05, 3.63) is 45.8 Å². The van der Waals surface area contributed by atoms with Crippen LogP contribution in [0.2, 0.25) is 10.0 Å². The maximum absolute atomic E-state index is 6.32. The van der Waals surface area contributed by atoms with Crippen molar-refractivity contribution in [3.63, 3.8) is 0 Å². The van der Waals surface area contributed by atoms with Crippen molar-refractivity contribution in [2.24, 2.45) is 0 Å². The third-order valence-electron chi connectivity index (χ3n) is 3.06. The summed E-state index contributed by atoms with van der Waals surface area (Å²) in [5.41, 5.74) is 2.49. The van der Waals surface area contributed by atoms with Gasteiger partial charge < -0.3 is 5.32 Å². The molecule has 0 amide bonds. The molecule has 0 unspecified atom stereocenters. The maximum Gasteiger partial charge on any atom is 0.254 e. The lowest BCUT2D eigenvalue weighted by Gasteiger charge is -2.13. The molecule has 0 fully saturated rings. The van der Waals surface area contributed by atoms with E-state index in [9.17, 15) is 0 Å². The largest absolute Gasteiger partial charge is 0.339 e. The summed E-state index contributed by atoms with van der Waals surface area (Å²) in [7, 11) is 0. The molecule has 3 aromatic rings. The Morgan fingerprint density at radius 2 is 2.00 bits per heavy atom. The molecule has 2 aromatic heterocycles. The SMILES string of the molecule is Cc1nc2ncnn2c(Nc2cccc(Cl)c2C)c1Cl. The van der Waals surface area contributed by atoms with Crippen molar-refractivity contribution in [1.29, 1.82) is 0 Å². The lowest BCUT2D eigenvalue weighted by Crippen LogP contribution is -2.05. The van der Waals surface area contributed by atoms with Gasteiger partial charge in [-0.1, -0.05) is 29.3 Å². The second-order valence-electron chi connectivity index (χ2n) is 4.37. The fourth-order valence-corrected chi connectivity index (χ4v) is 2.26. The number of nitrogens with one attached hydrogen (secondary N) is 1. The number of aromatic nitrogens is 4. The van der Waals surface area contributed by atoms with E-state index in [2.05, 4.69) is 20.4 Å². The van der Waals surface area contributed by atoms with Crippen LogP contribution < -0.4 is 5.32 Å². The lowest BCUT2D eigenvalue weighted by atomic mass is 10.2. The average Bonchev–Trinajstić information content (AvgIpc) is 2.87. The predicted molar refractivity (Wildman–Crippen MR) is 80.0 cm³/mol. The molecule has 3 rings (SSSR count). The second kappa shape index (κ2) is 4.92. The van der Waals surface area contributed by atoms with E-state index in [1.54, 1.807) is 4.52 Å². The highest BCUT2D eigenvalue weighted by Gasteiger charge is 2.14. The predicted octanol–water partition coefficient (Wildman–Crippen LogP) is 3.79. The molecule has 1 N–H and O–H groups in total. The number of fused-ring (bicyclic) bond motifs is 1. The van der Waals surface area contributed by atoms with Gasteiger partial charge in [-0.3, -0.25) is 0 Å². The smallest absolute Gasteiger partial charge is 0.254 e. The van der Waals surface area contributed by atoms with Crippen molar-refractivity contribution in [1.82, 2.24) is 19.6 Å². The zero-order valence-corrected chi connectivity index (χ0v) is 12.4. The fraction of sp³-hybridized carbons (Fsp3) is 0.154. The molecule has 102 valence electrons. The normalized spacial score (nSPS) is 11.0. The van der Waals surface area contributed by atoms with E-state index in [0.29, 0.717) is 27.3 Å². The highest BCUT2D eigenvalue weighted by atomic mass is 35.5. The van der Waals surface area contributed by atoms with Crippen molar-refractivity contribution in [2.75, 3.05) is 5.32 Å². The van der Waals surface area contributed by atoms with Crippen LogP contribution in [0.5, 0.6) is 0 Å². The summed E-state index contributed by atoms with van der Waals surface area (Å²) in [6, 6.07) is 5.64. The Kier molecular flexibility index (Phi) is 3.23. The van der Waals surface area contributed by atoms with Gasteiger partial charge in [-0.05, 0) is 31.5 Å². The molecule has 0 radical (unpaired) electrons. The van der Waals surface area contributed by atoms with Gasteiger partial charge in [0.1, 0.15) is 11.3 Å². The van der Waals surface area contributed by atoms with Crippen molar-refractivity contribution in [2.45, 2.75) is 13.8 Å². The minimum atomic E-state index is 0.495. The van der Waals surface area contributed by atoms with E-state index in [4.69, 9.17) is 23.2 Å². The summed E-state index contributed by atoms with van der Waals surface area (Å²) in [5.74, 6) is 1.12. The van der Waals surface area contributed by atoms with Gasteiger partial charge in [-0.2, -0.15) is 14.6 Å². The Morgan fingerprint density at radius 1 is 1.20 bits per heavy atom. The standard InChI is InChI=1S/C13H11Cl2N5/c1-7-9(14)4-3-5-10(7)19-12-11(15)8(2)18-13-16-6-17-20(12)13/h3-6,19H,1-2H3. The number of anilines is 2. The number of hydrogen-bond donors (Lipinski definition) is 1. The molecule has 0 saturated carbocycles. The van der Waals surface area contributed by atoms with Crippen LogP contribution in [0.15, 0.2) is 24.5 Å². The molecule has 2 heterocycles. The Labute approximate surface area is 125 Å². The number of aryl methyl sites for hydroxylation is 1. The van der Waals surface area contributed by atoms with Gasteiger partial charge in [0.05, 0.1) is 5.69 Å². The van der Waals surface area contributed by atoms with Gasteiger partial charge in [0.15, 0.2) is 5.82 Å². The number of nitrogens with zero attached hydrogens (tertiary/aromatic N) is 4. The molecule has 0 atom stereocenters. The van der Waals surface area contributed by atoms with Crippen LogP contribution in [0.1, 0.15) is 11.3 Å². The Hall–Kier alpha value is -1.85. The fourth-order valence-electron chi connectivity index (χ4n) is 1.91. The molecule has 0 spiro atoms. The summed E-state index contributed by atoms with van der Waals surface area (Å²) in [6.45, 7) is 3.76.